The minimum Gasteiger partial charge on any atom is -0.272 e. The van der Waals surface area contributed by atoms with E-state index in [2.05, 4.69) is 15.5 Å². The molecule has 0 aliphatic heterocycles. The number of carbonyl (C=O) groups excluding carboxylic acids is 1. The molecular weight excluding hydrogens is 419 g/mol. The zero-order valence-corrected chi connectivity index (χ0v) is 17.6. The minimum atomic E-state index is -4.06. The number of pyridine rings is 1. The molecule has 0 fully saturated rings. The lowest BCUT2D eigenvalue weighted by atomic mass is 10.2. The van der Waals surface area contributed by atoms with Crippen LogP contribution in [0, 0.1) is 12.7 Å². The Hall–Kier alpha value is -3.43. The van der Waals surface area contributed by atoms with Crippen LogP contribution in [0.2, 0.25) is 0 Å². The molecule has 0 saturated heterocycles. The van der Waals surface area contributed by atoms with Gasteiger partial charge in [0.15, 0.2) is 0 Å². The van der Waals surface area contributed by atoms with E-state index in [0.717, 1.165) is 9.87 Å². The first-order chi connectivity index (χ1) is 14.9. The van der Waals surface area contributed by atoms with Gasteiger partial charge in [-0.1, -0.05) is 42.0 Å². The van der Waals surface area contributed by atoms with Gasteiger partial charge in [-0.3, -0.25) is 9.78 Å². The van der Waals surface area contributed by atoms with E-state index < -0.39 is 28.3 Å². The molecule has 3 aromatic rings. The summed E-state index contributed by atoms with van der Waals surface area (Å²) in [6.07, 6.45) is 4.55. The van der Waals surface area contributed by atoms with Gasteiger partial charge in [0.1, 0.15) is 5.82 Å². The summed E-state index contributed by atoms with van der Waals surface area (Å²) in [6.45, 7) is 0.999. The van der Waals surface area contributed by atoms with E-state index >= 15 is 0 Å². The topological polar surface area (TPSA) is 91.7 Å². The zero-order chi connectivity index (χ0) is 22.3. The maximum atomic E-state index is 14.2. The molecule has 0 aliphatic carbocycles. The Morgan fingerprint density at radius 2 is 1.87 bits per heavy atom. The van der Waals surface area contributed by atoms with E-state index in [1.165, 1.54) is 36.5 Å². The Kier molecular flexibility index (Phi) is 7.22. The summed E-state index contributed by atoms with van der Waals surface area (Å²) in [5, 5.41) is 3.83. The molecule has 1 N–H and O–H groups in total. The van der Waals surface area contributed by atoms with Crippen LogP contribution in [0.1, 0.15) is 16.7 Å². The van der Waals surface area contributed by atoms with Gasteiger partial charge < -0.3 is 0 Å². The highest BCUT2D eigenvalue weighted by Gasteiger charge is 2.27. The first kappa shape index (κ1) is 22.3. The van der Waals surface area contributed by atoms with E-state index in [0.29, 0.717) is 5.56 Å². The highest BCUT2D eigenvalue weighted by atomic mass is 32.2. The number of hydrazone groups is 1. The van der Waals surface area contributed by atoms with Crippen LogP contribution in [0.25, 0.3) is 0 Å². The number of rotatable bonds is 8. The smallest absolute Gasteiger partial charge is 0.255 e. The van der Waals surface area contributed by atoms with Gasteiger partial charge in [0.25, 0.3) is 5.91 Å². The van der Waals surface area contributed by atoms with E-state index in [1.54, 1.807) is 42.7 Å². The molecule has 9 heteroatoms. The largest absolute Gasteiger partial charge is 0.272 e. The predicted octanol–water partition coefficient (Wildman–Crippen LogP) is 2.87. The molecule has 3 rings (SSSR count). The second-order valence-corrected chi connectivity index (χ2v) is 8.70. The molecule has 1 amide bonds. The summed E-state index contributed by atoms with van der Waals surface area (Å²) in [4.78, 5) is 16.4. The summed E-state index contributed by atoms with van der Waals surface area (Å²) in [5.74, 6) is -1.21. The number of benzene rings is 2. The molecule has 0 unspecified atom stereocenters. The molecule has 0 radical (unpaired) electrons. The monoisotopic (exact) mass is 440 g/mol. The van der Waals surface area contributed by atoms with Crippen LogP contribution in [-0.4, -0.2) is 36.4 Å². The van der Waals surface area contributed by atoms with Crippen LogP contribution in [0.4, 0.5) is 4.39 Å². The minimum absolute atomic E-state index is 0.0149. The molecule has 0 bridgehead atoms. The second kappa shape index (κ2) is 10.1. The van der Waals surface area contributed by atoms with Crippen molar-refractivity contribution in [1.82, 2.24) is 14.7 Å². The van der Waals surface area contributed by atoms with Crippen LogP contribution < -0.4 is 5.43 Å². The van der Waals surface area contributed by atoms with Crippen molar-refractivity contribution in [3.63, 3.8) is 0 Å². The van der Waals surface area contributed by atoms with Crippen molar-refractivity contribution < 1.29 is 17.6 Å². The Morgan fingerprint density at radius 3 is 2.55 bits per heavy atom. The van der Waals surface area contributed by atoms with Gasteiger partial charge in [0, 0.05) is 30.1 Å². The van der Waals surface area contributed by atoms with Gasteiger partial charge in [0.2, 0.25) is 10.0 Å². The number of hydrogen-bond acceptors (Lipinski definition) is 5. The summed E-state index contributed by atoms with van der Waals surface area (Å²) in [7, 11) is -4.06. The van der Waals surface area contributed by atoms with Gasteiger partial charge in [-0.15, -0.1) is 0 Å². The van der Waals surface area contributed by atoms with Crippen molar-refractivity contribution in [3.05, 3.63) is 95.6 Å². The fourth-order valence-corrected chi connectivity index (χ4v) is 4.10. The van der Waals surface area contributed by atoms with Crippen LogP contribution in [0.15, 0.2) is 83.1 Å². The van der Waals surface area contributed by atoms with Crippen LogP contribution in [-0.2, 0) is 21.4 Å². The quantitative estimate of drug-likeness (QED) is 0.431. The average molecular weight is 441 g/mol. The number of nitrogens with one attached hydrogen (secondary N) is 1. The molecule has 160 valence electrons. The maximum Gasteiger partial charge on any atom is 0.255 e. The highest BCUT2D eigenvalue weighted by molar-refractivity contribution is 7.89. The van der Waals surface area contributed by atoms with Gasteiger partial charge >= 0.3 is 0 Å². The number of amides is 1. The summed E-state index contributed by atoms with van der Waals surface area (Å²) >= 11 is 0. The molecule has 0 saturated carbocycles. The molecule has 1 aromatic heterocycles. The van der Waals surface area contributed by atoms with Gasteiger partial charge in [0.05, 0.1) is 17.7 Å². The first-order valence-corrected chi connectivity index (χ1v) is 10.8. The third-order valence-electron chi connectivity index (χ3n) is 4.37. The van der Waals surface area contributed by atoms with Crippen molar-refractivity contribution in [1.29, 1.82) is 0 Å². The molecule has 0 aliphatic rings. The third-order valence-corrected chi connectivity index (χ3v) is 6.18. The van der Waals surface area contributed by atoms with E-state index in [4.69, 9.17) is 0 Å². The summed E-state index contributed by atoms with van der Waals surface area (Å²) < 4.78 is 41.4. The van der Waals surface area contributed by atoms with Crippen molar-refractivity contribution in [3.8, 4) is 0 Å². The number of nitrogens with zero attached hydrogens (tertiary/aromatic N) is 3. The van der Waals surface area contributed by atoms with Crippen molar-refractivity contribution >= 4 is 22.1 Å². The average Bonchev–Trinajstić information content (AvgIpc) is 2.76. The Bertz CT molecular complexity index is 1170. The molecule has 1 heterocycles. The van der Waals surface area contributed by atoms with Crippen LogP contribution in [0.5, 0.6) is 0 Å². The van der Waals surface area contributed by atoms with Gasteiger partial charge in [-0.05, 0) is 31.2 Å². The number of halogens is 1. The van der Waals surface area contributed by atoms with Gasteiger partial charge in [-0.2, -0.15) is 9.41 Å². The lowest BCUT2D eigenvalue weighted by molar-refractivity contribution is -0.121. The lowest BCUT2D eigenvalue weighted by Gasteiger charge is -2.22. The van der Waals surface area contributed by atoms with Crippen LogP contribution >= 0.6 is 0 Å². The number of sulfonamides is 1. The standard InChI is InChI=1S/C22H21FN4O3S/c1-17-8-10-20(11-9-17)31(29,30)27(15-19-6-2-3-7-21(19)23)16-22(28)26-25-14-18-5-4-12-24-13-18/h2-14H,15-16H2,1H3,(H,26,28). The number of aromatic nitrogens is 1. The van der Waals surface area contributed by atoms with Crippen LogP contribution in [0.3, 0.4) is 0 Å². The molecule has 7 nitrogen and oxygen atoms in total. The summed E-state index contributed by atoms with van der Waals surface area (Å²) in [6, 6.07) is 15.5. The van der Waals surface area contributed by atoms with Crippen molar-refractivity contribution in [2.75, 3.05) is 6.54 Å². The molecule has 2 aromatic carbocycles. The van der Waals surface area contributed by atoms with E-state index in [-0.39, 0.29) is 17.0 Å². The van der Waals surface area contributed by atoms with Crippen molar-refractivity contribution in [2.45, 2.75) is 18.4 Å². The lowest BCUT2D eigenvalue weighted by Crippen LogP contribution is -2.39. The van der Waals surface area contributed by atoms with E-state index in [1.807, 2.05) is 6.92 Å². The number of aryl methyl sites for hydroxylation is 1. The SMILES string of the molecule is Cc1ccc(S(=O)(=O)N(CC(=O)NN=Cc2cccnc2)Cc2ccccc2F)cc1. The maximum absolute atomic E-state index is 14.2. The Balaban J connectivity index is 1.81. The molecule has 0 atom stereocenters. The predicted molar refractivity (Wildman–Crippen MR) is 115 cm³/mol. The first-order valence-electron chi connectivity index (χ1n) is 9.38. The van der Waals surface area contributed by atoms with E-state index in [9.17, 15) is 17.6 Å². The normalized spacial score (nSPS) is 11.7. The molecule has 31 heavy (non-hydrogen) atoms. The molecule has 0 spiro atoms. The summed E-state index contributed by atoms with van der Waals surface area (Å²) in [5.41, 5.74) is 4.01. The fraction of sp³-hybridized carbons (Fsp3) is 0.136. The Labute approximate surface area is 180 Å². The third kappa shape index (κ3) is 6.03. The van der Waals surface area contributed by atoms with Gasteiger partial charge in [-0.25, -0.2) is 18.2 Å². The highest BCUT2D eigenvalue weighted by Crippen LogP contribution is 2.20. The fourth-order valence-electron chi connectivity index (χ4n) is 2.73. The second-order valence-electron chi connectivity index (χ2n) is 6.76. The Morgan fingerprint density at radius 1 is 1.13 bits per heavy atom. The van der Waals surface area contributed by atoms with Crippen molar-refractivity contribution in [2.24, 2.45) is 5.10 Å². The zero-order valence-electron chi connectivity index (χ0n) is 16.8. The number of carbonyl (C=O) groups is 1. The number of hydrogen-bond donors (Lipinski definition) is 1. The molecular formula is C22H21FN4O3S.